The number of hydrogen-bond acceptors (Lipinski definition) is 0. The Morgan fingerprint density at radius 1 is 1.15 bits per heavy atom. The van der Waals surface area contributed by atoms with E-state index >= 15 is 0 Å². The van der Waals surface area contributed by atoms with Gasteiger partial charge in [0.2, 0.25) is 0 Å². The van der Waals surface area contributed by atoms with Crippen molar-refractivity contribution in [2.75, 3.05) is 0 Å². The van der Waals surface area contributed by atoms with Crippen LogP contribution in [0.1, 0.15) is 85.5 Å². The first-order chi connectivity index (χ1) is 12.4. The van der Waals surface area contributed by atoms with Crippen LogP contribution >= 0.6 is 0 Å². The van der Waals surface area contributed by atoms with Crippen molar-refractivity contribution in [1.29, 1.82) is 0 Å². The first-order valence-corrected chi connectivity index (χ1v) is 11.5. The van der Waals surface area contributed by atoms with Gasteiger partial charge in [-0.2, -0.15) is 0 Å². The van der Waals surface area contributed by atoms with Gasteiger partial charge in [0.15, 0.2) is 0 Å². The molecule has 0 aliphatic heterocycles. The molecular weight excluding hydrogens is 312 g/mol. The number of fused-ring (bicyclic) bond motifs is 5. The molecule has 0 spiro atoms. The molecule has 2 fully saturated rings. The van der Waals surface area contributed by atoms with E-state index in [1.54, 1.807) is 5.57 Å². The Hall–Kier alpha value is -0.780. The Morgan fingerprint density at radius 2 is 1.96 bits per heavy atom. The standard InChI is InChI=1S/C26H40/c1-6-7-8-19(3)22-11-12-23-21-10-9-20-17-18(2)13-15-25(20,4)24(21)14-16-26(22,23)5/h9-10,17,19,21-24H,2,6-8,11-16H2,1,3-5H3. The fourth-order valence-electron chi connectivity index (χ4n) is 7.78. The molecule has 0 nitrogen and oxygen atoms in total. The van der Waals surface area contributed by atoms with Gasteiger partial charge in [-0.15, -0.1) is 0 Å². The molecule has 0 aromatic heterocycles. The molecule has 0 saturated heterocycles. The predicted molar refractivity (Wildman–Crippen MR) is 113 cm³/mol. The van der Waals surface area contributed by atoms with Crippen LogP contribution < -0.4 is 0 Å². The van der Waals surface area contributed by atoms with Crippen LogP contribution in [0.2, 0.25) is 0 Å². The van der Waals surface area contributed by atoms with Gasteiger partial charge in [-0.25, -0.2) is 0 Å². The summed E-state index contributed by atoms with van der Waals surface area (Å²) in [4.78, 5) is 0. The summed E-state index contributed by atoms with van der Waals surface area (Å²) >= 11 is 0. The average Bonchev–Trinajstić information content (AvgIpc) is 2.97. The topological polar surface area (TPSA) is 0 Å². The lowest BCUT2D eigenvalue weighted by Gasteiger charge is -2.56. The highest BCUT2D eigenvalue weighted by atomic mass is 14.6. The van der Waals surface area contributed by atoms with E-state index in [1.807, 2.05) is 0 Å². The molecular formula is C26H40. The third kappa shape index (κ3) is 2.70. The second-order valence-corrected chi connectivity index (χ2v) is 10.7. The Morgan fingerprint density at radius 3 is 2.73 bits per heavy atom. The molecule has 26 heavy (non-hydrogen) atoms. The summed E-state index contributed by atoms with van der Waals surface area (Å²) < 4.78 is 0. The van der Waals surface area contributed by atoms with E-state index in [0.717, 1.165) is 29.6 Å². The molecule has 0 aromatic rings. The second-order valence-electron chi connectivity index (χ2n) is 10.7. The smallest absolute Gasteiger partial charge is 0.00382 e. The van der Waals surface area contributed by atoms with Crippen molar-refractivity contribution < 1.29 is 0 Å². The summed E-state index contributed by atoms with van der Waals surface area (Å²) in [6.07, 6.45) is 20.2. The predicted octanol–water partition coefficient (Wildman–Crippen LogP) is 7.72. The van der Waals surface area contributed by atoms with Crippen molar-refractivity contribution >= 4 is 0 Å². The zero-order chi connectivity index (χ0) is 18.5. The SMILES string of the molecule is C=C1C=C2C=CC3C(CCC4(C)C(C(C)CCCC)CCC34)C2(C)CC1. The fourth-order valence-corrected chi connectivity index (χ4v) is 7.78. The zero-order valence-corrected chi connectivity index (χ0v) is 17.7. The summed E-state index contributed by atoms with van der Waals surface area (Å²) in [6, 6.07) is 0. The maximum atomic E-state index is 4.25. The summed E-state index contributed by atoms with van der Waals surface area (Å²) in [7, 11) is 0. The molecule has 0 amide bonds. The molecule has 0 N–H and O–H groups in total. The molecule has 4 rings (SSSR count). The van der Waals surface area contributed by atoms with E-state index in [2.05, 4.69) is 52.5 Å². The largest absolute Gasteiger partial charge is 0.0958 e. The summed E-state index contributed by atoms with van der Waals surface area (Å²) in [5, 5.41) is 0. The van der Waals surface area contributed by atoms with Gasteiger partial charge in [0.05, 0.1) is 0 Å². The third-order valence-corrected chi connectivity index (χ3v) is 9.41. The van der Waals surface area contributed by atoms with Crippen LogP contribution in [-0.2, 0) is 0 Å². The molecule has 0 heteroatoms. The van der Waals surface area contributed by atoms with E-state index in [9.17, 15) is 0 Å². The quantitative estimate of drug-likeness (QED) is 0.485. The van der Waals surface area contributed by atoms with Gasteiger partial charge in [-0.3, -0.25) is 0 Å². The van der Waals surface area contributed by atoms with Crippen molar-refractivity contribution in [2.24, 2.45) is 40.4 Å². The highest BCUT2D eigenvalue weighted by molar-refractivity contribution is 5.41. The van der Waals surface area contributed by atoms with Gasteiger partial charge in [-0.05, 0) is 84.5 Å². The molecule has 4 aliphatic carbocycles. The molecule has 7 unspecified atom stereocenters. The zero-order valence-electron chi connectivity index (χ0n) is 17.7. The Kier molecular flexibility index (Phi) is 4.77. The second kappa shape index (κ2) is 6.68. The highest BCUT2D eigenvalue weighted by Crippen LogP contribution is 2.66. The minimum Gasteiger partial charge on any atom is -0.0958 e. The number of unbranched alkanes of at least 4 members (excludes halogenated alkanes) is 1. The number of rotatable bonds is 4. The monoisotopic (exact) mass is 352 g/mol. The molecule has 0 radical (unpaired) electrons. The van der Waals surface area contributed by atoms with E-state index in [1.165, 1.54) is 63.4 Å². The highest BCUT2D eigenvalue weighted by Gasteiger charge is 2.58. The Labute approximate surface area is 162 Å². The van der Waals surface area contributed by atoms with E-state index in [-0.39, 0.29) is 0 Å². The lowest BCUT2D eigenvalue weighted by atomic mass is 9.48. The van der Waals surface area contributed by atoms with Crippen molar-refractivity contribution in [3.8, 4) is 0 Å². The van der Waals surface area contributed by atoms with E-state index in [0.29, 0.717) is 10.8 Å². The first-order valence-electron chi connectivity index (χ1n) is 11.5. The van der Waals surface area contributed by atoms with Gasteiger partial charge in [-0.1, -0.05) is 77.3 Å². The van der Waals surface area contributed by atoms with Crippen molar-refractivity contribution in [3.63, 3.8) is 0 Å². The van der Waals surface area contributed by atoms with Crippen LogP contribution in [0.5, 0.6) is 0 Å². The minimum atomic E-state index is 0.411. The minimum absolute atomic E-state index is 0.411. The lowest BCUT2D eigenvalue weighted by Crippen LogP contribution is -2.49. The fraction of sp³-hybridized carbons (Fsp3) is 0.769. The third-order valence-electron chi connectivity index (χ3n) is 9.41. The molecule has 4 aliphatic rings. The molecule has 7 atom stereocenters. The van der Waals surface area contributed by atoms with Crippen LogP contribution in [0.3, 0.4) is 0 Å². The van der Waals surface area contributed by atoms with E-state index in [4.69, 9.17) is 0 Å². The molecule has 0 aromatic carbocycles. The van der Waals surface area contributed by atoms with Gasteiger partial charge < -0.3 is 0 Å². The lowest BCUT2D eigenvalue weighted by molar-refractivity contribution is -0.0253. The molecule has 0 bridgehead atoms. The summed E-state index contributed by atoms with van der Waals surface area (Å²) in [5.74, 6) is 4.50. The Balaban J connectivity index is 1.61. The van der Waals surface area contributed by atoms with Crippen molar-refractivity contribution in [1.82, 2.24) is 0 Å². The summed E-state index contributed by atoms with van der Waals surface area (Å²) in [5.41, 5.74) is 3.93. The number of hydrogen-bond donors (Lipinski definition) is 0. The molecule has 144 valence electrons. The maximum Gasteiger partial charge on any atom is -0.00382 e. The maximum absolute atomic E-state index is 4.25. The van der Waals surface area contributed by atoms with Crippen LogP contribution in [0.4, 0.5) is 0 Å². The van der Waals surface area contributed by atoms with Crippen LogP contribution in [0, 0.1) is 40.4 Å². The normalized spacial score (nSPS) is 45.5. The number of allylic oxidation sites excluding steroid dienone is 5. The van der Waals surface area contributed by atoms with Gasteiger partial charge in [0.25, 0.3) is 0 Å². The first kappa shape index (κ1) is 18.6. The van der Waals surface area contributed by atoms with E-state index < -0.39 is 0 Å². The average molecular weight is 353 g/mol. The van der Waals surface area contributed by atoms with Crippen molar-refractivity contribution in [2.45, 2.75) is 85.5 Å². The van der Waals surface area contributed by atoms with Crippen molar-refractivity contribution in [3.05, 3.63) is 36.0 Å². The van der Waals surface area contributed by atoms with Gasteiger partial charge in [0, 0.05) is 0 Å². The van der Waals surface area contributed by atoms with Crippen LogP contribution in [0.25, 0.3) is 0 Å². The van der Waals surface area contributed by atoms with Crippen LogP contribution in [0.15, 0.2) is 36.0 Å². The van der Waals surface area contributed by atoms with Crippen LogP contribution in [-0.4, -0.2) is 0 Å². The van der Waals surface area contributed by atoms with Gasteiger partial charge in [0.1, 0.15) is 0 Å². The Bertz CT molecular complexity index is 622. The van der Waals surface area contributed by atoms with Gasteiger partial charge >= 0.3 is 0 Å². The molecule has 2 saturated carbocycles. The summed E-state index contributed by atoms with van der Waals surface area (Å²) in [6.45, 7) is 14.4. The molecule has 0 heterocycles.